The molecule has 0 radical (unpaired) electrons. The van der Waals surface area contributed by atoms with Crippen molar-refractivity contribution in [3.05, 3.63) is 29.8 Å². The smallest absolute Gasteiger partial charge is 0.124 e. The third-order valence-electron chi connectivity index (χ3n) is 3.82. The maximum atomic E-state index is 5.78. The molecule has 1 aromatic carbocycles. The van der Waals surface area contributed by atoms with Crippen LogP contribution in [0.2, 0.25) is 0 Å². The largest absolute Gasteiger partial charge is 0.494 e. The van der Waals surface area contributed by atoms with Crippen molar-refractivity contribution in [3.8, 4) is 5.75 Å². The van der Waals surface area contributed by atoms with E-state index in [4.69, 9.17) is 9.47 Å². The van der Waals surface area contributed by atoms with Gasteiger partial charge in [-0.1, -0.05) is 18.2 Å². The molecular formula is C16H26N2O2. The highest BCUT2D eigenvalue weighted by Crippen LogP contribution is 2.30. The van der Waals surface area contributed by atoms with E-state index >= 15 is 0 Å². The first-order chi connectivity index (χ1) is 9.76. The van der Waals surface area contributed by atoms with Gasteiger partial charge < -0.3 is 14.8 Å². The molecule has 0 saturated carbocycles. The number of hydrogen-bond acceptors (Lipinski definition) is 4. The number of hydrogen-bond donors (Lipinski definition) is 1. The first-order valence-corrected chi connectivity index (χ1v) is 7.48. The van der Waals surface area contributed by atoms with Gasteiger partial charge >= 0.3 is 0 Å². The fourth-order valence-electron chi connectivity index (χ4n) is 2.75. The SMILES string of the molecule is CCOc1ccccc1C(C)N1CCOC(CNC)C1. The highest BCUT2D eigenvalue weighted by molar-refractivity contribution is 5.35. The van der Waals surface area contributed by atoms with Crippen molar-refractivity contribution in [2.24, 2.45) is 0 Å². The van der Waals surface area contributed by atoms with Gasteiger partial charge in [0.1, 0.15) is 5.75 Å². The Hall–Kier alpha value is -1.10. The lowest BCUT2D eigenvalue weighted by Gasteiger charge is -2.37. The summed E-state index contributed by atoms with van der Waals surface area (Å²) in [5.74, 6) is 0.999. The van der Waals surface area contributed by atoms with Crippen molar-refractivity contribution in [1.82, 2.24) is 10.2 Å². The number of nitrogens with one attached hydrogen (secondary N) is 1. The van der Waals surface area contributed by atoms with E-state index in [1.165, 1.54) is 5.56 Å². The summed E-state index contributed by atoms with van der Waals surface area (Å²) < 4.78 is 11.5. The van der Waals surface area contributed by atoms with E-state index in [-0.39, 0.29) is 6.10 Å². The van der Waals surface area contributed by atoms with Crippen LogP contribution in [0.3, 0.4) is 0 Å². The summed E-state index contributed by atoms with van der Waals surface area (Å²) in [6.45, 7) is 8.61. The van der Waals surface area contributed by atoms with Crippen LogP contribution >= 0.6 is 0 Å². The predicted octanol–water partition coefficient (Wildman–Crippen LogP) is 2.07. The first kappa shape index (κ1) is 15.3. The van der Waals surface area contributed by atoms with Gasteiger partial charge in [0, 0.05) is 31.2 Å². The van der Waals surface area contributed by atoms with Crippen LogP contribution in [-0.2, 0) is 4.74 Å². The molecule has 0 bridgehead atoms. The summed E-state index contributed by atoms with van der Waals surface area (Å²) in [5, 5.41) is 3.19. The van der Waals surface area contributed by atoms with Gasteiger partial charge in [-0.05, 0) is 27.0 Å². The van der Waals surface area contributed by atoms with Gasteiger partial charge in [0.2, 0.25) is 0 Å². The summed E-state index contributed by atoms with van der Waals surface area (Å²) in [6.07, 6.45) is 0.274. The zero-order valence-electron chi connectivity index (χ0n) is 12.8. The fourth-order valence-corrected chi connectivity index (χ4v) is 2.75. The van der Waals surface area contributed by atoms with Crippen LogP contribution in [0.15, 0.2) is 24.3 Å². The van der Waals surface area contributed by atoms with Crippen LogP contribution in [0, 0.1) is 0 Å². The number of benzene rings is 1. The molecule has 112 valence electrons. The normalized spacial score (nSPS) is 21.6. The molecule has 2 unspecified atom stereocenters. The molecule has 0 aromatic heterocycles. The van der Waals surface area contributed by atoms with Gasteiger partial charge in [0.05, 0.1) is 19.3 Å². The average molecular weight is 278 g/mol. The van der Waals surface area contributed by atoms with E-state index in [0.717, 1.165) is 32.0 Å². The van der Waals surface area contributed by atoms with Crippen molar-refractivity contribution in [2.45, 2.75) is 26.0 Å². The maximum absolute atomic E-state index is 5.78. The maximum Gasteiger partial charge on any atom is 0.124 e. The molecule has 2 rings (SSSR count). The minimum Gasteiger partial charge on any atom is -0.494 e. The molecule has 1 aromatic rings. The molecule has 1 N–H and O–H groups in total. The molecule has 0 amide bonds. The number of rotatable bonds is 6. The van der Waals surface area contributed by atoms with Crippen LogP contribution in [0.1, 0.15) is 25.5 Å². The van der Waals surface area contributed by atoms with E-state index in [2.05, 4.69) is 35.3 Å². The molecule has 1 saturated heterocycles. The molecule has 0 spiro atoms. The van der Waals surface area contributed by atoms with Crippen LogP contribution in [0.25, 0.3) is 0 Å². The minimum absolute atomic E-state index is 0.274. The standard InChI is InChI=1S/C16H26N2O2/c1-4-19-16-8-6-5-7-15(16)13(2)18-9-10-20-14(12-18)11-17-3/h5-8,13-14,17H,4,9-12H2,1-3H3. The minimum atomic E-state index is 0.274. The van der Waals surface area contributed by atoms with Crippen molar-refractivity contribution < 1.29 is 9.47 Å². The average Bonchev–Trinajstić information content (AvgIpc) is 2.48. The third kappa shape index (κ3) is 3.72. The lowest BCUT2D eigenvalue weighted by molar-refractivity contribution is -0.0395. The van der Waals surface area contributed by atoms with E-state index in [0.29, 0.717) is 12.6 Å². The van der Waals surface area contributed by atoms with Crippen LogP contribution in [0.5, 0.6) is 5.75 Å². The van der Waals surface area contributed by atoms with Gasteiger partial charge in [-0.3, -0.25) is 4.90 Å². The van der Waals surface area contributed by atoms with Crippen molar-refractivity contribution in [1.29, 1.82) is 0 Å². The van der Waals surface area contributed by atoms with Gasteiger partial charge in [-0.2, -0.15) is 0 Å². The molecule has 20 heavy (non-hydrogen) atoms. The van der Waals surface area contributed by atoms with Crippen LogP contribution < -0.4 is 10.1 Å². The summed E-state index contributed by atoms with van der Waals surface area (Å²) in [6, 6.07) is 8.68. The van der Waals surface area contributed by atoms with Gasteiger partial charge in [-0.15, -0.1) is 0 Å². The highest BCUT2D eigenvalue weighted by Gasteiger charge is 2.25. The molecule has 0 aliphatic carbocycles. The number of ether oxygens (including phenoxy) is 2. The lowest BCUT2D eigenvalue weighted by atomic mass is 10.0. The molecule has 1 heterocycles. The second kappa shape index (κ2) is 7.62. The molecule has 4 heteroatoms. The summed E-state index contributed by atoms with van der Waals surface area (Å²) in [5.41, 5.74) is 1.26. The zero-order chi connectivity index (χ0) is 14.4. The van der Waals surface area contributed by atoms with E-state index in [1.54, 1.807) is 0 Å². The second-order valence-electron chi connectivity index (χ2n) is 5.19. The van der Waals surface area contributed by atoms with Crippen molar-refractivity contribution in [3.63, 3.8) is 0 Å². The Labute approximate surface area is 122 Å². The quantitative estimate of drug-likeness (QED) is 0.863. The van der Waals surface area contributed by atoms with E-state index < -0.39 is 0 Å². The predicted molar refractivity (Wildman–Crippen MR) is 81.3 cm³/mol. The Morgan fingerprint density at radius 3 is 3.00 bits per heavy atom. The number of nitrogens with zero attached hydrogens (tertiary/aromatic N) is 1. The topological polar surface area (TPSA) is 33.7 Å². The summed E-state index contributed by atoms with van der Waals surface area (Å²) in [4.78, 5) is 2.48. The van der Waals surface area contributed by atoms with Crippen molar-refractivity contribution in [2.75, 3.05) is 39.9 Å². The molecule has 1 fully saturated rings. The van der Waals surface area contributed by atoms with E-state index in [9.17, 15) is 0 Å². The second-order valence-corrected chi connectivity index (χ2v) is 5.19. The molecule has 1 aliphatic rings. The Morgan fingerprint density at radius 1 is 1.45 bits per heavy atom. The van der Waals surface area contributed by atoms with Crippen LogP contribution in [0.4, 0.5) is 0 Å². The summed E-state index contributed by atoms with van der Waals surface area (Å²) >= 11 is 0. The Kier molecular flexibility index (Phi) is 5.83. The molecule has 4 nitrogen and oxygen atoms in total. The Balaban J connectivity index is 2.08. The highest BCUT2D eigenvalue weighted by atomic mass is 16.5. The van der Waals surface area contributed by atoms with Crippen LogP contribution in [-0.4, -0.2) is 50.9 Å². The Morgan fingerprint density at radius 2 is 2.25 bits per heavy atom. The number of para-hydroxylation sites is 1. The number of morpholine rings is 1. The van der Waals surface area contributed by atoms with E-state index in [1.807, 2.05) is 20.0 Å². The van der Waals surface area contributed by atoms with Crippen molar-refractivity contribution >= 4 is 0 Å². The molecular weight excluding hydrogens is 252 g/mol. The van der Waals surface area contributed by atoms with Gasteiger partial charge in [0.25, 0.3) is 0 Å². The third-order valence-corrected chi connectivity index (χ3v) is 3.82. The first-order valence-electron chi connectivity index (χ1n) is 7.48. The zero-order valence-corrected chi connectivity index (χ0v) is 12.8. The number of likely N-dealkylation sites (N-methyl/N-ethyl adjacent to an activating group) is 1. The van der Waals surface area contributed by atoms with Gasteiger partial charge in [0.15, 0.2) is 0 Å². The monoisotopic (exact) mass is 278 g/mol. The molecule has 1 aliphatic heterocycles. The fraction of sp³-hybridized carbons (Fsp3) is 0.625. The Bertz CT molecular complexity index is 409. The molecule has 2 atom stereocenters. The lowest BCUT2D eigenvalue weighted by Crippen LogP contribution is -2.47. The van der Waals surface area contributed by atoms with Gasteiger partial charge in [-0.25, -0.2) is 0 Å². The summed E-state index contributed by atoms with van der Waals surface area (Å²) in [7, 11) is 1.97.